The molecule has 5 heteroatoms. The first-order valence-electron chi connectivity index (χ1n) is 4.48. The Bertz CT molecular complexity index is 261. The Labute approximate surface area is 82.3 Å². The zero-order valence-corrected chi connectivity index (χ0v) is 8.57. The second-order valence-electron chi connectivity index (χ2n) is 4.20. The zero-order valence-electron chi connectivity index (χ0n) is 8.57. The molecule has 1 saturated heterocycles. The van der Waals surface area contributed by atoms with Crippen molar-refractivity contribution in [3.05, 3.63) is 0 Å². The summed E-state index contributed by atoms with van der Waals surface area (Å²) in [5, 5.41) is 19.6. The average molecular weight is 201 g/mol. The molecule has 0 aromatic carbocycles. The number of aliphatic hydroxyl groups is 2. The summed E-state index contributed by atoms with van der Waals surface area (Å²) < 4.78 is 0. The van der Waals surface area contributed by atoms with Crippen molar-refractivity contribution in [3.8, 4) is 0 Å². The molecule has 1 rings (SSSR count). The third-order valence-electron chi connectivity index (χ3n) is 2.65. The lowest BCUT2D eigenvalue weighted by Crippen LogP contribution is -2.61. The number of hydrogen-bond donors (Lipinski definition) is 2. The van der Waals surface area contributed by atoms with E-state index in [4.69, 9.17) is 0 Å². The first kappa shape index (κ1) is 11.1. The summed E-state index contributed by atoms with van der Waals surface area (Å²) in [6, 6.07) is 0. The van der Waals surface area contributed by atoms with Gasteiger partial charge in [-0.15, -0.1) is 0 Å². The van der Waals surface area contributed by atoms with Crippen LogP contribution < -0.4 is 0 Å². The smallest absolute Gasteiger partial charge is 0.232 e. The summed E-state index contributed by atoms with van der Waals surface area (Å²) >= 11 is 0. The van der Waals surface area contributed by atoms with E-state index in [-0.39, 0.29) is 12.8 Å². The lowest BCUT2D eigenvalue weighted by Gasteiger charge is -2.41. The van der Waals surface area contributed by atoms with Crippen molar-refractivity contribution in [3.63, 3.8) is 0 Å². The highest BCUT2D eigenvalue weighted by atomic mass is 16.4. The van der Waals surface area contributed by atoms with Gasteiger partial charge in [0, 0.05) is 12.8 Å². The van der Waals surface area contributed by atoms with Crippen LogP contribution in [-0.2, 0) is 9.59 Å². The van der Waals surface area contributed by atoms with Crippen LogP contribution in [0.4, 0.5) is 0 Å². The Hall–Kier alpha value is -0.940. The minimum atomic E-state index is -1.85. The van der Waals surface area contributed by atoms with Gasteiger partial charge in [0.2, 0.25) is 11.8 Å². The first-order chi connectivity index (χ1) is 6.18. The molecule has 2 N–H and O–H groups in total. The molecule has 0 saturated carbocycles. The standard InChI is InChI=1S/C9H15NO4/c1-8(2,13)9(3,14)10-6(11)4-5-7(10)12/h13-14H,4-5H2,1-3H3. The molecule has 1 fully saturated rings. The zero-order chi connectivity index (χ0) is 11.1. The maximum absolute atomic E-state index is 11.3. The largest absolute Gasteiger partial charge is 0.385 e. The monoisotopic (exact) mass is 201 g/mol. The molecule has 1 atom stereocenters. The van der Waals surface area contributed by atoms with Crippen LogP contribution in [0.3, 0.4) is 0 Å². The molecule has 2 amide bonds. The minimum absolute atomic E-state index is 0.102. The molecule has 1 aliphatic heterocycles. The van der Waals surface area contributed by atoms with Gasteiger partial charge in [-0.2, -0.15) is 0 Å². The lowest BCUT2D eigenvalue weighted by molar-refractivity contribution is -0.207. The van der Waals surface area contributed by atoms with Crippen LogP contribution >= 0.6 is 0 Å². The summed E-state index contributed by atoms with van der Waals surface area (Å²) in [6.45, 7) is 3.96. The number of nitrogens with zero attached hydrogens (tertiary/aromatic N) is 1. The number of rotatable bonds is 2. The molecule has 1 aliphatic rings. The third-order valence-corrected chi connectivity index (χ3v) is 2.65. The van der Waals surface area contributed by atoms with Crippen LogP contribution in [0.25, 0.3) is 0 Å². The molecule has 0 aromatic heterocycles. The second kappa shape index (κ2) is 3.03. The van der Waals surface area contributed by atoms with Gasteiger partial charge in [-0.1, -0.05) is 0 Å². The van der Waals surface area contributed by atoms with E-state index in [1.807, 2.05) is 0 Å². The first-order valence-corrected chi connectivity index (χ1v) is 4.48. The molecular formula is C9H15NO4. The number of hydrogen-bond acceptors (Lipinski definition) is 4. The van der Waals surface area contributed by atoms with E-state index in [9.17, 15) is 19.8 Å². The molecule has 0 bridgehead atoms. The van der Waals surface area contributed by atoms with Crippen molar-refractivity contribution in [1.29, 1.82) is 0 Å². The fraction of sp³-hybridized carbons (Fsp3) is 0.778. The van der Waals surface area contributed by atoms with Crippen molar-refractivity contribution in [1.82, 2.24) is 4.90 Å². The molecule has 0 radical (unpaired) electrons. The number of carbonyl (C=O) groups is 2. The minimum Gasteiger partial charge on any atom is -0.385 e. The van der Waals surface area contributed by atoms with Crippen LogP contribution in [0, 0.1) is 0 Å². The quantitative estimate of drug-likeness (QED) is 0.597. The van der Waals surface area contributed by atoms with Gasteiger partial charge in [0.25, 0.3) is 0 Å². The summed E-state index contributed by atoms with van der Waals surface area (Å²) in [5.74, 6) is -0.885. The number of amides is 2. The molecular weight excluding hydrogens is 186 g/mol. The van der Waals surface area contributed by atoms with Crippen LogP contribution in [0.1, 0.15) is 33.6 Å². The van der Waals surface area contributed by atoms with E-state index in [1.165, 1.54) is 20.8 Å². The van der Waals surface area contributed by atoms with Crippen LogP contribution in [-0.4, -0.2) is 38.3 Å². The average Bonchev–Trinajstić information content (AvgIpc) is 2.28. The molecule has 1 unspecified atom stereocenters. The van der Waals surface area contributed by atoms with E-state index in [0.29, 0.717) is 0 Å². The van der Waals surface area contributed by atoms with Gasteiger partial charge in [0.05, 0.1) is 0 Å². The summed E-state index contributed by atoms with van der Waals surface area (Å²) in [7, 11) is 0. The van der Waals surface area contributed by atoms with E-state index >= 15 is 0 Å². The molecule has 0 aromatic rings. The van der Waals surface area contributed by atoms with E-state index in [0.717, 1.165) is 4.90 Å². The van der Waals surface area contributed by atoms with E-state index in [2.05, 4.69) is 0 Å². The van der Waals surface area contributed by atoms with Crippen molar-refractivity contribution < 1.29 is 19.8 Å². The normalized spacial score (nSPS) is 22.8. The Balaban J connectivity index is 3.03. The summed E-state index contributed by atoms with van der Waals surface area (Å²) in [4.78, 5) is 23.4. The third kappa shape index (κ3) is 1.53. The Kier molecular flexibility index (Phi) is 2.41. The predicted molar refractivity (Wildman–Crippen MR) is 48.0 cm³/mol. The van der Waals surface area contributed by atoms with Crippen LogP contribution in [0.2, 0.25) is 0 Å². The van der Waals surface area contributed by atoms with Gasteiger partial charge in [0.1, 0.15) is 5.60 Å². The molecule has 5 nitrogen and oxygen atoms in total. The van der Waals surface area contributed by atoms with Crippen molar-refractivity contribution in [2.45, 2.75) is 44.9 Å². The fourth-order valence-electron chi connectivity index (χ4n) is 1.34. The molecule has 0 spiro atoms. The highest BCUT2D eigenvalue weighted by molar-refractivity contribution is 6.02. The highest BCUT2D eigenvalue weighted by Crippen LogP contribution is 2.30. The van der Waals surface area contributed by atoms with Gasteiger partial charge < -0.3 is 10.2 Å². The molecule has 0 aliphatic carbocycles. The van der Waals surface area contributed by atoms with Crippen molar-refractivity contribution in [2.24, 2.45) is 0 Å². The second-order valence-corrected chi connectivity index (χ2v) is 4.20. The summed E-state index contributed by atoms with van der Waals surface area (Å²) in [5.41, 5.74) is -3.39. The number of carbonyl (C=O) groups excluding carboxylic acids is 2. The molecule has 14 heavy (non-hydrogen) atoms. The lowest BCUT2D eigenvalue weighted by atomic mass is 9.94. The van der Waals surface area contributed by atoms with Crippen LogP contribution in [0.15, 0.2) is 0 Å². The highest BCUT2D eigenvalue weighted by Gasteiger charge is 2.50. The van der Waals surface area contributed by atoms with Gasteiger partial charge >= 0.3 is 0 Å². The summed E-state index contributed by atoms with van der Waals surface area (Å²) in [6.07, 6.45) is 0.204. The maximum Gasteiger partial charge on any atom is 0.232 e. The predicted octanol–water partition coefficient (Wildman–Crippen LogP) is -0.385. The molecule has 1 heterocycles. The van der Waals surface area contributed by atoms with Gasteiger partial charge in [-0.3, -0.25) is 14.5 Å². The topological polar surface area (TPSA) is 77.8 Å². The fourth-order valence-corrected chi connectivity index (χ4v) is 1.34. The SMILES string of the molecule is CC(C)(O)C(C)(O)N1C(=O)CCC1=O. The Morgan fingerprint density at radius 3 is 1.71 bits per heavy atom. The Morgan fingerprint density at radius 2 is 1.43 bits per heavy atom. The van der Waals surface area contributed by atoms with Gasteiger partial charge in [-0.25, -0.2) is 0 Å². The van der Waals surface area contributed by atoms with E-state index in [1.54, 1.807) is 0 Å². The van der Waals surface area contributed by atoms with Crippen molar-refractivity contribution in [2.75, 3.05) is 0 Å². The van der Waals surface area contributed by atoms with E-state index < -0.39 is 23.1 Å². The maximum atomic E-state index is 11.3. The van der Waals surface area contributed by atoms with Crippen molar-refractivity contribution >= 4 is 11.8 Å². The number of imide groups is 1. The van der Waals surface area contributed by atoms with Gasteiger partial charge in [-0.05, 0) is 20.8 Å². The van der Waals surface area contributed by atoms with Gasteiger partial charge in [0.15, 0.2) is 5.72 Å². The van der Waals surface area contributed by atoms with Crippen LogP contribution in [0.5, 0.6) is 0 Å². The molecule has 80 valence electrons. The Morgan fingerprint density at radius 1 is 1.07 bits per heavy atom. The number of likely N-dealkylation sites (tertiary alicyclic amines) is 1.